The fourth-order valence-electron chi connectivity index (χ4n) is 4.18. The standard InChI is InChI=1S/C24H33N3O3/c1-5-9-26-14-20(13-25)17-7-6-8-21(10-17)29-22-11-18-15-27(16-19(18)12-22)23(28)30-24(2,3)4/h5-10,13-14,18-19,22H,11-12,15-16,25H2,1-4H3/b9-5+,20-13+,26-14+. The van der Waals surface area contributed by atoms with E-state index >= 15 is 0 Å². The van der Waals surface area contributed by atoms with Crippen molar-refractivity contribution in [3.8, 4) is 5.75 Å². The number of benzene rings is 1. The van der Waals surface area contributed by atoms with E-state index in [9.17, 15) is 4.79 Å². The molecule has 6 nitrogen and oxygen atoms in total. The van der Waals surface area contributed by atoms with Gasteiger partial charge in [0.2, 0.25) is 0 Å². The zero-order valence-corrected chi connectivity index (χ0v) is 18.4. The van der Waals surface area contributed by atoms with Crippen molar-refractivity contribution in [3.63, 3.8) is 0 Å². The number of nitrogens with two attached hydrogens (primary N) is 1. The second kappa shape index (κ2) is 9.37. The number of hydrogen-bond donors (Lipinski definition) is 1. The Morgan fingerprint density at radius 1 is 1.23 bits per heavy atom. The van der Waals surface area contributed by atoms with Crippen LogP contribution in [0.2, 0.25) is 0 Å². The van der Waals surface area contributed by atoms with Crippen LogP contribution in [0.3, 0.4) is 0 Å². The predicted octanol–water partition coefficient (Wildman–Crippen LogP) is 4.61. The molecule has 1 aromatic carbocycles. The molecule has 1 amide bonds. The van der Waals surface area contributed by atoms with E-state index in [0.717, 1.165) is 42.8 Å². The number of nitrogens with zero attached hydrogens (tertiary/aromatic N) is 2. The molecule has 6 heteroatoms. The number of amides is 1. The monoisotopic (exact) mass is 411 g/mol. The molecule has 1 saturated heterocycles. The molecular formula is C24H33N3O3. The van der Waals surface area contributed by atoms with Crippen molar-refractivity contribution >= 4 is 17.9 Å². The smallest absolute Gasteiger partial charge is 0.410 e. The maximum atomic E-state index is 12.3. The predicted molar refractivity (Wildman–Crippen MR) is 120 cm³/mol. The molecule has 0 bridgehead atoms. The van der Waals surface area contributed by atoms with Crippen LogP contribution in [0.1, 0.15) is 46.1 Å². The van der Waals surface area contributed by atoms with Gasteiger partial charge in [0.1, 0.15) is 11.4 Å². The van der Waals surface area contributed by atoms with Crippen molar-refractivity contribution in [2.75, 3.05) is 13.1 Å². The molecule has 2 aliphatic rings. The van der Waals surface area contributed by atoms with E-state index in [1.165, 1.54) is 0 Å². The van der Waals surface area contributed by atoms with Crippen molar-refractivity contribution in [1.82, 2.24) is 4.90 Å². The molecule has 2 atom stereocenters. The molecule has 1 aliphatic carbocycles. The number of ether oxygens (including phenoxy) is 2. The fourth-order valence-corrected chi connectivity index (χ4v) is 4.18. The Morgan fingerprint density at radius 3 is 2.53 bits per heavy atom. The highest BCUT2D eigenvalue weighted by atomic mass is 16.6. The average Bonchev–Trinajstić information content (AvgIpc) is 3.23. The van der Waals surface area contributed by atoms with Gasteiger partial charge in [0.05, 0.1) is 6.10 Å². The molecule has 1 aliphatic heterocycles. The van der Waals surface area contributed by atoms with Gasteiger partial charge in [-0.25, -0.2) is 4.79 Å². The Bertz CT molecular complexity index is 824. The highest BCUT2D eigenvalue weighted by Gasteiger charge is 2.44. The molecule has 1 saturated carbocycles. The first-order valence-corrected chi connectivity index (χ1v) is 10.6. The van der Waals surface area contributed by atoms with Crippen LogP contribution in [0.15, 0.2) is 47.7 Å². The second-order valence-electron chi connectivity index (χ2n) is 9.03. The summed E-state index contributed by atoms with van der Waals surface area (Å²) >= 11 is 0. The third-order valence-corrected chi connectivity index (χ3v) is 5.46. The number of rotatable bonds is 5. The largest absolute Gasteiger partial charge is 0.490 e. The molecule has 3 rings (SSSR count). The van der Waals surface area contributed by atoms with Crippen LogP contribution in [0.25, 0.3) is 5.57 Å². The molecular weight excluding hydrogens is 378 g/mol. The average molecular weight is 412 g/mol. The summed E-state index contributed by atoms with van der Waals surface area (Å²) in [7, 11) is 0. The van der Waals surface area contributed by atoms with Crippen molar-refractivity contribution in [1.29, 1.82) is 0 Å². The summed E-state index contributed by atoms with van der Waals surface area (Å²) in [4.78, 5) is 18.4. The van der Waals surface area contributed by atoms with Gasteiger partial charge in [-0.3, -0.25) is 4.99 Å². The third kappa shape index (κ3) is 5.65. The Kier molecular flexibility index (Phi) is 6.85. The van der Waals surface area contributed by atoms with Crippen LogP contribution in [0.5, 0.6) is 5.75 Å². The minimum Gasteiger partial charge on any atom is -0.490 e. The lowest BCUT2D eigenvalue weighted by Gasteiger charge is -2.25. The normalized spacial score (nSPS) is 24.6. The SMILES string of the molecule is C/C=C/N=C/C(=C\N)c1cccc(OC2CC3CN(C(=O)OC(C)(C)C)CC3C2)c1. The van der Waals surface area contributed by atoms with Crippen LogP contribution in [0.4, 0.5) is 4.79 Å². The first kappa shape index (κ1) is 21.9. The summed E-state index contributed by atoms with van der Waals surface area (Å²) in [5.41, 5.74) is 7.13. The highest BCUT2D eigenvalue weighted by Crippen LogP contribution is 2.40. The van der Waals surface area contributed by atoms with Gasteiger partial charge in [0.15, 0.2) is 0 Å². The quantitative estimate of drug-likeness (QED) is 0.718. The van der Waals surface area contributed by atoms with Gasteiger partial charge in [-0.1, -0.05) is 18.2 Å². The molecule has 1 heterocycles. The molecule has 30 heavy (non-hydrogen) atoms. The second-order valence-corrected chi connectivity index (χ2v) is 9.03. The third-order valence-electron chi connectivity index (χ3n) is 5.46. The van der Waals surface area contributed by atoms with Crippen LogP contribution in [-0.4, -0.2) is 42.0 Å². The topological polar surface area (TPSA) is 77.2 Å². The summed E-state index contributed by atoms with van der Waals surface area (Å²) in [6.45, 7) is 9.12. The summed E-state index contributed by atoms with van der Waals surface area (Å²) in [5, 5.41) is 0. The molecule has 1 aromatic rings. The van der Waals surface area contributed by atoms with Crippen LogP contribution >= 0.6 is 0 Å². The zero-order valence-electron chi connectivity index (χ0n) is 18.4. The first-order chi connectivity index (χ1) is 14.3. The molecule has 0 aromatic heterocycles. The van der Waals surface area contributed by atoms with Crippen LogP contribution in [-0.2, 0) is 4.74 Å². The number of fused-ring (bicyclic) bond motifs is 1. The molecule has 162 valence electrons. The number of allylic oxidation sites excluding steroid dienone is 2. The number of carbonyl (C=O) groups is 1. The van der Waals surface area contributed by atoms with E-state index in [4.69, 9.17) is 15.2 Å². The van der Waals surface area contributed by atoms with Crippen LogP contribution < -0.4 is 10.5 Å². The highest BCUT2D eigenvalue weighted by molar-refractivity contribution is 6.09. The van der Waals surface area contributed by atoms with E-state index < -0.39 is 5.60 Å². The van der Waals surface area contributed by atoms with Gasteiger partial charge >= 0.3 is 6.09 Å². The Morgan fingerprint density at radius 2 is 1.93 bits per heavy atom. The molecule has 2 N–H and O–H groups in total. The van der Waals surface area contributed by atoms with Gasteiger partial charge < -0.3 is 20.1 Å². The number of aliphatic imine (C=N–C) groups is 1. The Labute approximate surface area is 179 Å². The van der Waals surface area contributed by atoms with E-state index in [0.29, 0.717) is 11.8 Å². The van der Waals surface area contributed by atoms with Crippen molar-refractivity contribution in [2.24, 2.45) is 22.6 Å². The Balaban J connectivity index is 1.57. The lowest BCUT2D eigenvalue weighted by Crippen LogP contribution is -2.36. The lowest BCUT2D eigenvalue weighted by molar-refractivity contribution is 0.0272. The number of hydrogen-bond acceptors (Lipinski definition) is 5. The van der Waals surface area contributed by atoms with Gasteiger partial charge in [0, 0.05) is 37.3 Å². The molecule has 0 radical (unpaired) electrons. The van der Waals surface area contributed by atoms with Gasteiger partial charge in [-0.15, -0.1) is 0 Å². The maximum Gasteiger partial charge on any atom is 0.410 e. The van der Waals surface area contributed by atoms with E-state index in [1.807, 2.05) is 62.9 Å². The summed E-state index contributed by atoms with van der Waals surface area (Å²) in [6.07, 6.45) is 8.75. The van der Waals surface area contributed by atoms with Gasteiger partial charge in [0.25, 0.3) is 0 Å². The van der Waals surface area contributed by atoms with Crippen molar-refractivity contribution < 1.29 is 14.3 Å². The molecule has 2 unspecified atom stereocenters. The Hall–Kier alpha value is -2.76. The minimum absolute atomic E-state index is 0.165. The molecule has 2 fully saturated rings. The summed E-state index contributed by atoms with van der Waals surface area (Å²) < 4.78 is 11.8. The number of likely N-dealkylation sites (tertiary alicyclic amines) is 1. The lowest BCUT2D eigenvalue weighted by atomic mass is 10.0. The van der Waals surface area contributed by atoms with Crippen molar-refractivity contribution in [3.05, 3.63) is 48.3 Å². The summed E-state index contributed by atoms with van der Waals surface area (Å²) in [5.74, 6) is 1.77. The summed E-state index contributed by atoms with van der Waals surface area (Å²) in [6, 6.07) is 7.94. The number of carbonyl (C=O) groups excluding carboxylic acids is 1. The molecule has 0 spiro atoms. The zero-order chi connectivity index (χ0) is 21.7. The van der Waals surface area contributed by atoms with Gasteiger partial charge in [-0.05, 0) is 70.1 Å². The minimum atomic E-state index is -0.459. The van der Waals surface area contributed by atoms with E-state index in [2.05, 4.69) is 4.99 Å². The van der Waals surface area contributed by atoms with E-state index in [1.54, 1.807) is 18.6 Å². The maximum absolute atomic E-state index is 12.3. The van der Waals surface area contributed by atoms with Gasteiger partial charge in [-0.2, -0.15) is 0 Å². The van der Waals surface area contributed by atoms with Crippen molar-refractivity contribution in [2.45, 2.75) is 52.2 Å². The van der Waals surface area contributed by atoms with Crippen LogP contribution in [0, 0.1) is 11.8 Å². The van der Waals surface area contributed by atoms with E-state index in [-0.39, 0.29) is 12.2 Å². The fraction of sp³-hybridized carbons (Fsp3) is 0.500. The first-order valence-electron chi connectivity index (χ1n) is 10.6.